The fraction of sp³-hybridized carbons (Fsp3) is 0.769. The molecule has 0 aromatic carbocycles. The summed E-state index contributed by atoms with van der Waals surface area (Å²) < 4.78 is 5.62. The molecule has 0 spiro atoms. The molecule has 1 N–H and O–H groups in total. The third-order valence-corrected chi connectivity index (χ3v) is 4.53. The minimum Gasteiger partial charge on any atom is -0.378 e. The van der Waals surface area contributed by atoms with E-state index in [0.29, 0.717) is 12.1 Å². The van der Waals surface area contributed by atoms with Crippen molar-refractivity contribution in [2.45, 2.75) is 52.2 Å². The molecular weight excluding hydrogens is 232 g/mol. The van der Waals surface area contributed by atoms with Gasteiger partial charge in [0.2, 0.25) is 0 Å². The summed E-state index contributed by atoms with van der Waals surface area (Å²) in [6.07, 6.45) is 4.07. The first-order valence-electron chi connectivity index (χ1n) is 6.45. The number of aromatic nitrogens is 1. The Morgan fingerprint density at radius 1 is 1.53 bits per heavy atom. The summed E-state index contributed by atoms with van der Waals surface area (Å²) in [5.41, 5.74) is 1.17. The van der Waals surface area contributed by atoms with E-state index in [1.165, 1.54) is 23.4 Å². The third-order valence-electron chi connectivity index (χ3n) is 3.27. The van der Waals surface area contributed by atoms with E-state index in [1.54, 1.807) is 11.3 Å². The summed E-state index contributed by atoms with van der Waals surface area (Å²) >= 11 is 1.80. The number of hydrogen-bond acceptors (Lipinski definition) is 4. The lowest BCUT2D eigenvalue weighted by Gasteiger charge is -2.15. The van der Waals surface area contributed by atoms with Crippen LogP contribution in [0, 0.1) is 13.8 Å². The molecule has 0 radical (unpaired) electrons. The van der Waals surface area contributed by atoms with Crippen molar-refractivity contribution in [2.75, 3.05) is 13.2 Å². The Balaban J connectivity index is 1.76. The van der Waals surface area contributed by atoms with E-state index in [2.05, 4.69) is 31.1 Å². The van der Waals surface area contributed by atoms with E-state index in [1.807, 2.05) is 0 Å². The standard InChI is InChI=1S/C13H22N2OS/c1-9(13-10(2)15-11(3)17-13)14-7-6-12-5-4-8-16-12/h9,12,14H,4-8H2,1-3H3. The van der Waals surface area contributed by atoms with Gasteiger partial charge in [-0.15, -0.1) is 11.3 Å². The highest BCUT2D eigenvalue weighted by atomic mass is 32.1. The van der Waals surface area contributed by atoms with E-state index in [9.17, 15) is 0 Å². The van der Waals surface area contributed by atoms with Gasteiger partial charge in [-0.05, 0) is 46.6 Å². The molecule has 1 aliphatic heterocycles. The van der Waals surface area contributed by atoms with Crippen LogP contribution >= 0.6 is 11.3 Å². The number of rotatable bonds is 5. The number of ether oxygens (including phenoxy) is 1. The average Bonchev–Trinajstić information content (AvgIpc) is 2.88. The van der Waals surface area contributed by atoms with Crippen LogP contribution < -0.4 is 5.32 Å². The molecule has 0 bridgehead atoms. The molecule has 17 heavy (non-hydrogen) atoms. The zero-order chi connectivity index (χ0) is 12.3. The smallest absolute Gasteiger partial charge is 0.0900 e. The van der Waals surface area contributed by atoms with E-state index in [0.717, 1.165) is 24.6 Å². The minimum absolute atomic E-state index is 0.405. The van der Waals surface area contributed by atoms with Crippen LogP contribution in [-0.4, -0.2) is 24.2 Å². The maximum atomic E-state index is 5.62. The highest BCUT2D eigenvalue weighted by Crippen LogP contribution is 2.24. The van der Waals surface area contributed by atoms with E-state index in [-0.39, 0.29) is 0 Å². The van der Waals surface area contributed by atoms with Gasteiger partial charge in [0.05, 0.1) is 16.8 Å². The van der Waals surface area contributed by atoms with Crippen molar-refractivity contribution >= 4 is 11.3 Å². The first-order chi connectivity index (χ1) is 8.16. The van der Waals surface area contributed by atoms with Gasteiger partial charge >= 0.3 is 0 Å². The lowest BCUT2D eigenvalue weighted by atomic mass is 10.1. The Morgan fingerprint density at radius 3 is 2.94 bits per heavy atom. The van der Waals surface area contributed by atoms with Gasteiger partial charge in [-0.25, -0.2) is 4.98 Å². The van der Waals surface area contributed by atoms with Crippen molar-refractivity contribution in [1.29, 1.82) is 0 Å². The fourth-order valence-electron chi connectivity index (χ4n) is 2.37. The molecule has 0 aliphatic carbocycles. The molecule has 3 nitrogen and oxygen atoms in total. The summed E-state index contributed by atoms with van der Waals surface area (Å²) in [5, 5.41) is 4.73. The van der Waals surface area contributed by atoms with Gasteiger partial charge in [0, 0.05) is 17.5 Å². The van der Waals surface area contributed by atoms with Gasteiger partial charge in [-0.1, -0.05) is 0 Å². The quantitative estimate of drug-likeness (QED) is 0.877. The van der Waals surface area contributed by atoms with Crippen molar-refractivity contribution in [2.24, 2.45) is 0 Å². The largest absolute Gasteiger partial charge is 0.378 e. The average molecular weight is 254 g/mol. The molecule has 96 valence electrons. The molecule has 4 heteroatoms. The second-order valence-electron chi connectivity index (χ2n) is 4.78. The predicted molar refractivity (Wildman–Crippen MR) is 71.6 cm³/mol. The molecular formula is C13H22N2OS. The molecule has 2 atom stereocenters. The zero-order valence-corrected chi connectivity index (χ0v) is 11.8. The van der Waals surface area contributed by atoms with E-state index in [4.69, 9.17) is 4.74 Å². The summed E-state index contributed by atoms with van der Waals surface area (Å²) in [6.45, 7) is 8.36. The Kier molecular flexibility index (Phi) is 4.54. The van der Waals surface area contributed by atoms with Crippen LogP contribution in [0.2, 0.25) is 0 Å². The summed E-state index contributed by atoms with van der Waals surface area (Å²) in [6, 6.07) is 0.405. The number of hydrogen-bond donors (Lipinski definition) is 1. The fourth-order valence-corrected chi connectivity index (χ4v) is 3.33. The highest BCUT2D eigenvalue weighted by molar-refractivity contribution is 7.11. The molecule has 2 rings (SSSR count). The molecule has 0 saturated carbocycles. The van der Waals surface area contributed by atoms with Crippen LogP contribution in [0.4, 0.5) is 0 Å². The Morgan fingerprint density at radius 2 is 2.35 bits per heavy atom. The van der Waals surface area contributed by atoms with Crippen LogP contribution in [0.1, 0.15) is 47.8 Å². The first kappa shape index (κ1) is 13.0. The normalized spacial score (nSPS) is 21.9. The zero-order valence-electron chi connectivity index (χ0n) is 11.0. The van der Waals surface area contributed by atoms with Crippen molar-refractivity contribution in [3.8, 4) is 0 Å². The van der Waals surface area contributed by atoms with Crippen LogP contribution in [0.3, 0.4) is 0 Å². The topological polar surface area (TPSA) is 34.2 Å². The summed E-state index contributed by atoms with van der Waals surface area (Å²) in [5.74, 6) is 0. The molecule has 1 fully saturated rings. The van der Waals surface area contributed by atoms with Crippen molar-refractivity contribution in [1.82, 2.24) is 10.3 Å². The minimum atomic E-state index is 0.405. The molecule has 0 amide bonds. The summed E-state index contributed by atoms with van der Waals surface area (Å²) in [7, 11) is 0. The lowest BCUT2D eigenvalue weighted by molar-refractivity contribution is 0.103. The number of nitrogens with zero attached hydrogens (tertiary/aromatic N) is 1. The molecule has 1 aliphatic rings. The highest BCUT2D eigenvalue weighted by Gasteiger charge is 2.16. The second-order valence-corrected chi connectivity index (χ2v) is 6.02. The van der Waals surface area contributed by atoms with Crippen LogP contribution in [0.5, 0.6) is 0 Å². The van der Waals surface area contributed by atoms with Gasteiger partial charge in [-0.3, -0.25) is 0 Å². The van der Waals surface area contributed by atoms with Gasteiger partial charge in [0.15, 0.2) is 0 Å². The van der Waals surface area contributed by atoms with Gasteiger partial charge in [-0.2, -0.15) is 0 Å². The van der Waals surface area contributed by atoms with E-state index >= 15 is 0 Å². The third kappa shape index (κ3) is 3.50. The van der Waals surface area contributed by atoms with Gasteiger partial charge in [0.25, 0.3) is 0 Å². The Labute approximate surface area is 108 Å². The maximum absolute atomic E-state index is 5.62. The molecule has 2 heterocycles. The first-order valence-corrected chi connectivity index (χ1v) is 7.27. The number of thiazole rings is 1. The molecule has 1 saturated heterocycles. The van der Waals surface area contributed by atoms with Crippen LogP contribution in [0.25, 0.3) is 0 Å². The SMILES string of the molecule is Cc1nc(C)c(C(C)NCCC2CCCO2)s1. The van der Waals surface area contributed by atoms with Crippen molar-refractivity contribution in [3.63, 3.8) is 0 Å². The predicted octanol–water partition coefficient (Wildman–Crippen LogP) is 2.98. The van der Waals surface area contributed by atoms with Crippen LogP contribution in [-0.2, 0) is 4.74 Å². The number of aryl methyl sites for hydroxylation is 2. The Bertz CT molecular complexity index is 358. The molecule has 2 unspecified atom stereocenters. The van der Waals surface area contributed by atoms with Crippen molar-refractivity contribution < 1.29 is 4.74 Å². The van der Waals surface area contributed by atoms with Gasteiger partial charge in [0.1, 0.15) is 0 Å². The summed E-state index contributed by atoms with van der Waals surface area (Å²) in [4.78, 5) is 5.84. The number of nitrogens with one attached hydrogen (secondary N) is 1. The van der Waals surface area contributed by atoms with E-state index < -0.39 is 0 Å². The monoisotopic (exact) mass is 254 g/mol. The molecule has 1 aromatic rings. The molecule has 1 aromatic heterocycles. The van der Waals surface area contributed by atoms with Crippen molar-refractivity contribution in [3.05, 3.63) is 15.6 Å². The second kappa shape index (κ2) is 5.94. The maximum Gasteiger partial charge on any atom is 0.0900 e. The lowest BCUT2D eigenvalue weighted by Crippen LogP contribution is -2.23. The van der Waals surface area contributed by atoms with Gasteiger partial charge < -0.3 is 10.1 Å². The Hall–Kier alpha value is -0.450. The van der Waals surface area contributed by atoms with Crippen LogP contribution in [0.15, 0.2) is 0 Å².